The lowest BCUT2D eigenvalue weighted by molar-refractivity contribution is 0.172. The number of hydrogen-bond donors (Lipinski definition) is 2. The highest BCUT2D eigenvalue weighted by Gasteiger charge is 2.31. The molecule has 1 aliphatic heterocycles. The van der Waals surface area contributed by atoms with E-state index in [1.807, 2.05) is 0 Å². The van der Waals surface area contributed by atoms with Gasteiger partial charge in [-0.3, -0.25) is 0 Å². The molecule has 0 amide bonds. The molecule has 2 heteroatoms. The molecule has 3 rings (SSSR count). The molecular weight excluding hydrogens is 232 g/mol. The van der Waals surface area contributed by atoms with Crippen LogP contribution in [0.15, 0.2) is 0 Å². The zero-order valence-corrected chi connectivity index (χ0v) is 12.5. The summed E-state index contributed by atoms with van der Waals surface area (Å²) in [4.78, 5) is 0. The SMILES string of the molecule is C1CCCC(NCC2CCC3CCCCC3N2)CC1. The van der Waals surface area contributed by atoms with Crippen LogP contribution in [0, 0.1) is 5.92 Å². The molecule has 3 fully saturated rings. The Morgan fingerprint density at radius 1 is 0.737 bits per heavy atom. The molecule has 0 aromatic rings. The predicted molar refractivity (Wildman–Crippen MR) is 81.4 cm³/mol. The molecule has 3 unspecified atom stereocenters. The Labute approximate surface area is 119 Å². The maximum Gasteiger partial charge on any atom is 0.0195 e. The second-order valence-electron chi connectivity index (χ2n) is 7.19. The molecule has 0 spiro atoms. The van der Waals surface area contributed by atoms with Crippen LogP contribution in [-0.4, -0.2) is 24.7 Å². The van der Waals surface area contributed by atoms with E-state index in [0.717, 1.165) is 24.0 Å². The fourth-order valence-electron chi connectivity index (χ4n) is 4.53. The zero-order chi connectivity index (χ0) is 12.9. The molecule has 0 aromatic carbocycles. The molecular formula is C17H32N2. The average Bonchev–Trinajstić information content (AvgIpc) is 2.73. The van der Waals surface area contributed by atoms with Crippen LogP contribution >= 0.6 is 0 Å². The molecule has 1 saturated heterocycles. The van der Waals surface area contributed by atoms with Gasteiger partial charge in [-0.1, -0.05) is 38.5 Å². The van der Waals surface area contributed by atoms with Crippen LogP contribution in [0.3, 0.4) is 0 Å². The molecule has 19 heavy (non-hydrogen) atoms. The van der Waals surface area contributed by atoms with Gasteiger partial charge in [-0.2, -0.15) is 0 Å². The summed E-state index contributed by atoms with van der Waals surface area (Å²) in [6, 6.07) is 2.42. The van der Waals surface area contributed by atoms with Gasteiger partial charge >= 0.3 is 0 Å². The van der Waals surface area contributed by atoms with Crippen LogP contribution in [0.25, 0.3) is 0 Å². The monoisotopic (exact) mass is 264 g/mol. The van der Waals surface area contributed by atoms with Crippen molar-refractivity contribution in [2.75, 3.05) is 6.54 Å². The molecule has 0 radical (unpaired) electrons. The second-order valence-corrected chi connectivity index (χ2v) is 7.19. The summed E-state index contributed by atoms with van der Waals surface area (Å²) in [7, 11) is 0. The maximum atomic E-state index is 3.95. The van der Waals surface area contributed by atoms with Crippen molar-refractivity contribution in [2.45, 2.75) is 95.2 Å². The fraction of sp³-hybridized carbons (Fsp3) is 1.00. The summed E-state index contributed by atoms with van der Waals surface area (Å²) in [5.74, 6) is 1.00. The number of hydrogen-bond acceptors (Lipinski definition) is 2. The first-order valence-corrected chi connectivity index (χ1v) is 8.91. The first-order valence-electron chi connectivity index (χ1n) is 8.91. The Morgan fingerprint density at radius 2 is 1.47 bits per heavy atom. The molecule has 1 heterocycles. The number of rotatable bonds is 3. The molecule has 2 nitrogen and oxygen atoms in total. The van der Waals surface area contributed by atoms with Crippen molar-refractivity contribution < 1.29 is 0 Å². The lowest BCUT2D eigenvalue weighted by Crippen LogP contribution is -2.53. The van der Waals surface area contributed by atoms with Gasteiger partial charge in [0.15, 0.2) is 0 Å². The van der Waals surface area contributed by atoms with Gasteiger partial charge in [0, 0.05) is 24.7 Å². The minimum absolute atomic E-state index is 0.752. The van der Waals surface area contributed by atoms with Gasteiger partial charge in [0.1, 0.15) is 0 Å². The van der Waals surface area contributed by atoms with E-state index in [1.165, 1.54) is 83.6 Å². The number of nitrogens with one attached hydrogen (secondary N) is 2. The van der Waals surface area contributed by atoms with Crippen molar-refractivity contribution in [3.05, 3.63) is 0 Å². The van der Waals surface area contributed by atoms with Crippen molar-refractivity contribution in [2.24, 2.45) is 5.92 Å². The minimum atomic E-state index is 0.752. The molecule has 3 atom stereocenters. The lowest BCUT2D eigenvalue weighted by atomic mass is 9.78. The minimum Gasteiger partial charge on any atom is -0.312 e. The molecule has 2 aliphatic carbocycles. The highest BCUT2D eigenvalue weighted by Crippen LogP contribution is 2.32. The molecule has 110 valence electrons. The van der Waals surface area contributed by atoms with E-state index in [1.54, 1.807) is 0 Å². The highest BCUT2D eigenvalue weighted by atomic mass is 15.0. The van der Waals surface area contributed by atoms with E-state index < -0.39 is 0 Å². The fourth-order valence-corrected chi connectivity index (χ4v) is 4.53. The van der Waals surface area contributed by atoms with E-state index in [4.69, 9.17) is 0 Å². The first kappa shape index (κ1) is 13.9. The molecule has 0 bridgehead atoms. The normalized spacial score (nSPS) is 37.6. The van der Waals surface area contributed by atoms with Crippen molar-refractivity contribution in [3.63, 3.8) is 0 Å². The number of fused-ring (bicyclic) bond motifs is 1. The standard InChI is InChI=1S/C17H32N2/c1-2-4-9-15(8-3-1)18-13-16-12-11-14-7-5-6-10-17(14)19-16/h14-19H,1-13H2. The summed E-state index contributed by atoms with van der Waals surface area (Å²) >= 11 is 0. The lowest BCUT2D eigenvalue weighted by Gasteiger charge is -2.41. The van der Waals surface area contributed by atoms with E-state index in [2.05, 4.69) is 10.6 Å². The smallest absolute Gasteiger partial charge is 0.0195 e. The predicted octanol–water partition coefficient (Wildman–Crippen LogP) is 3.61. The first-order chi connectivity index (χ1) is 9.42. The second kappa shape index (κ2) is 7.08. The Kier molecular flexibility index (Phi) is 5.17. The van der Waals surface area contributed by atoms with Crippen molar-refractivity contribution >= 4 is 0 Å². The summed E-state index contributed by atoms with van der Waals surface area (Å²) in [6.07, 6.45) is 17.4. The molecule has 2 saturated carbocycles. The van der Waals surface area contributed by atoms with Gasteiger partial charge in [0.05, 0.1) is 0 Å². The van der Waals surface area contributed by atoms with Crippen LogP contribution in [0.1, 0.15) is 77.0 Å². The van der Waals surface area contributed by atoms with Crippen LogP contribution in [0.2, 0.25) is 0 Å². The van der Waals surface area contributed by atoms with Crippen LogP contribution < -0.4 is 10.6 Å². The highest BCUT2D eigenvalue weighted by molar-refractivity contribution is 4.90. The Balaban J connectivity index is 1.40. The summed E-state index contributed by atoms with van der Waals surface area (Å²) in [5.41, 5.74) is 0. The topological polar surface area (TPSA) is 24.1 Å². The van der Waals surface area contributed by atoms with Crippen molar-refractivity contribution in [1.82, 2.24) is 10.6 Å². The van der Waals surface area contributed by atoms with Gasteiger partial charge in [0.2, 0.25) is 0 Å². The molecule has 3 aliphatic rings. The van der Waals surface area contributed by atoms with E-state index in [-0.39, 0.29) is 0 Å². The van der Waals surface area contributed by atoms with E-state index >= 15 is 0 Å². The summed E-state index contributed by atoms with van der Waals surface area (Å²) < 4.78 is 0. The van der Waals surface area contributed by atoms with Gasteiger partial charge in [-0.15, -0.1) is 0 Å². The third-order valence-corrected chi connectivity index (χ3v) is 5.75. The van der Waals surface area contributed by atoms with Crippen LogP contribution in [0.5, 0.6) is 0 Å². The Morgan fingerprint density at radius 3 is 2.32 bits per heavy atom. The third kappa shape index (κ3) is 3.95. The van der Waals surface area contributed by atoms with Crippen LogP contribution in [-0.2, 0) is 0 Å². The van der Waals surface area contributed by atoms with Gasteiger partial charge < -0.3 is 10.6 Å². The Bertz CT molecular complexity index is 258. The van der Waals surface area contributed by atoms with Gasteiger partial charge in [-0.25, -0.2) is 0 Å². The zero-order valence-electron chi connectivity index (χ0n) is 12.5. The van der Waals surface area contributed by atoms with Crippen molar-refractivity contribution in [3.8, 4) is 0 Å². The van der Waals surface area contributed by atoms with Crippen LogP contribution in [0.4, 0.5) is 0 Å². The third-order valence-electron chi connectivity index (χ3n) is 5.75. The summed E-state index contributed by atoms with van der Waals surface area (Å²) in [6.45, 7) is 1.22. The van der Waals surface area contributed by atoms with E-state index in [0.29, 0.717) is 0 Å². The molecule has 2 N–H and O–H groups in total. The largest absolute Gasteiger partial charge is 0.312 e. The summed E-state index contributed by atoms with van der Waals surface area (Å²) in [5, 5.41) is 7.81. The Hall–Kier alpha value is -0.0800. The quantitative estimate of drug-likeness (QED) is 0.761. The van der Waals surface area contributed by atoms with Gasteiger partial charge in [-0.05, 0) is 44.4 Å². The average molecular weight is 264 g/mol. The van der Waals surface area contributed by atoms with Crippen molar-refractivity contribution in [1.29, 1.82) is 0 Å². The van der Waals surface area contributed by atoms with E-state index in [9.17, 15) is 0 Å². The van der Waals surface area contributed by atoms with Gasteiger partial charge in [0.25, 0.3) is 0 Å². The maximum absolute atomic E-state index is 3.95. The number of piperidine rings is 1. The molecule has 0 aromatic heterocycles.